The third kappa shape index (κ3) is 9.39. The summed E-state index contributed by atoms with van der Waals surface area (Å²) in [6.07, 6.45) is 6.90. The Balaban J connectivity index is 1.60. The normalized spacial score (nSPS) is 14.5. The maximum Gasteiger partial charge on any atom is 0.243 e. The molecule has 0 aliphatic heterocycles. The molecule has 44 heavy (non-hydrogen) atoms. The van der Waals surface area contributed by atoms with Crippen LogP contribution in [0.3, 0.4) is 0 Å². The monoisotopic (exact) mass is 621 g/mol. The fraction of sp³-hybridized carbons (Fsp3) is 0.429. The molecule has 0 heterocycles. The maximum atomic E-state index is 14.0. The molecule has 1 atom stereocenters. The Labute approximate surface area is 261 Å². The quantitative estimate of drug-likeness (QED) is 0.251. The minimum absolute atomic E-state index is 0.0417. The average molecular weight is 622 g/mol. The summed E-state index contributed by atoms with van der Waals surface area (Å²) >= 11 is 0. The van der Waals surface area contributed by atoms with Gasteiger partial charge in [-0.15, -0.1) is 0 Å². The van der Waals surface area contributed by atoms with Crippen molar-refractivity contribution in [3.05, 3.63) is 101 Å². The van der Waals surface area contributed by atoms with Gasteiger partial charge in [-0.3, -0.25) is 13.9 Å². The number of hydrogen-bond acceptors (Lipinski definition) is 4. The molecule has 0 unspecified atom stereocenters. The van der Waals surface area contributed by atoms with Crippen molar-refractivity contribution in [3.63, 3.8) is 0 Å². The van der Waals surface area contributed by atoms with Crippen LogP contribution in [0.5, 0.6) is 0 Å². The number of benzene rings is 3. The summed E-state index contributed by atoms with van der Waals surface area (Å²) in [7, 11) is -3.61. The molecule has 1 aliphatic carbocycles. The lowest BCUT2D eigenvalue weighted by Crippen LogP contribution is -2.52. The largest absolute Gasteiger partial charge is 0.352 e. The van der Waals surface area contributed by atoms with Crippen LogP contribution in [0.4, 0.5) is 10.1 Å². The van der Waals surface area contributed by atoms with Crippen molar-refractivity contribution < 1.29 is 22.4 Å². The molecule has 2 amide bonds. The third-order valence-electron chi connectivity index (χ3n) is 8.27. The number of nitrogens with one attached hydrogen (secondary N) is 1. The van der Waals surface area contributed by atoms with E-state index in [-0.39, 0.29) is 49.6 Å². The molecule has 1 N–H and O–H groups in total. The lowest BCUT2D eigenvalue weighted by Gasteiger charge is -2.34. The minimum atomic E-state index is -3.61. The summed E-state index contributed by atoms with van der Waals surface area (Å²) in [5.41, 5.74) is 3.99. The van der Waals surface area contributed by atoms with Gasteiger partial charge in [0.2, 0.25) is 21.8 Å². The van der Waals surface area contributed by atoms with Crippen LogP contribution in [-0.2, 0) is 32.6 Å². The molecule has 0 aromatic heterocycles. The number of hydrogen-bond donors (Lipinski definition) is 1. The van der Waals surface area contributed by atoms with E-state index >= 15 is 0 Å². The molecule has 1 fully saturated rings. The van der Waals surface area contributed by atoms with Gasteiger partial charge in [0.25, 0.3) is 0 Å². The number of amides is 2. The standard InChI is InChI=1S/C35H44FN3O4S/c1-26-16-17-27(2)32(23-26)39(44(3,42)43)22-10-15-34(40)38(25-29-18-20-30(36)21-19-29)33(24-28-11-6-4-7-12-28)35(41)37-31-13-8-5-9-14-31/h4,6-7,11-12,16-21,23,31,33H,5,8-10,13-15,22,24-25H2,1-3H3,(H,37,41)/t33-/m0/s1. The number of carbonyl (C=O) groups is 2. The van der Waals surface area contributed by atoms with Crippen LogP contribution in [0.1, 0.15) is 67.2 Å². The van der Waals surface area contributed by atoms with Crippen molar-refractivity contribution in [2.45, 2.75) is 83.8 Å². The van der Waals surface area contributed by atoms with Crippen molar-refractivity contribution in [1.29, 1.82) is 0 Å². The first-order valence-electron chi connectivity index (χ1n) is 15.4. The number of carbonyl (C=O) groups excluding carboxylic acids is 2. The lowest BCUT2D eigenvalue weighted by molar-refractivity contribution is -0.141. The van der Waals surface area contributed by atoms with Crippen LogP contribution in [0.15, 0.2) is 72.8 Å². The number of nitrogens with zero attached hydrogens (tertiary/aromatic N) is 2. The SMILES string of the molecule is Cc1ccc(C)c(N(CCCC(=O)N(Cc2ccc(F)cc2)[C@@H](Cc2ccccc2)C(=O)NC2CCCCC2)S(C)(=O)=O)c1. The van der Waals surface area contributed by atoms with Crippen LogP contribution < -0.4 is 9.62 Å². The molecule has 4 rings (SSSR count). The molecule has 0 radical (unpaired) electrons. The summed E-state index contributed by atoms with van der Waals surface area (Å²) in [5.74, 6) is -0.845. The Morgan fingerprint density at radius 1 is 0.932 bits per heavy atom. The summed E-state index contributed by atoms with van der Waals surface area (Å²) in [5, 5.41) is 3.22. The lowest BCUT2D eigenvalue weighted by atomic mass is 9.94. The summed E-state index contributed by atoms with van der Waals surface area (Å²) in [6, 6.07) is 20.5. The molecular weight excluding hydrogens is 577 g/mol. The molecule has 236 valence electrons. The molecule has 7 nitrogen and oxygen atoms in total. The Kier molecular flexibility index (Phi) is 11.6. The minimum Gasteiger partial charge on any atom is -0.352 e. The van der Waals surface area contributed by atoms with Gasteiger partial charge in [0.15, 0.2) is 0 Å². The smallest absolute Gasteiger partial charge is 0.243 e. The van der Waals surface area contributed by atoms with Gasteiger partial charge in [-0.2, -0.15) is 0 Å². The Morgan fingerprint density at radius 2 is 1.61 bits per heavy atom. The second kappa shape index (κ2) is 15.3. The van der Waals surface area contributed by atoms with Crippen LogP contribution >= 0.6 is 0 Å². The highest BCUT2D eigenvalue weighted by Gasteiger charge is 2.32. The average Bonchev–Trinajstić information content (AvgIpc) is 2.99. The topological polar surface area (TPSA) is 86.8 Å². The van der Waals surface area contributed by atoms with Crippen molar-refractivity contribution in [2.75, 3.05) is 17.1 Å². The zero-order valence-corrected chi connectivity index (χ0v) is 26.8. The van der Waals surface area contributed by atoms with Crippen LogP contribution in [0.25, 0.3) is 0 Å². The number of aryl methyl sites for hydroxylation is 2. The molecule has 9 heteroatoms. The first-order valence-corrected chi connectivity index (χ1v) is 17.3. The fourth-order valence-electron chi connectivity index (χ4n) is 5.86. The van der Waals surface area contributed by atoms with Gasteiger partial charge >= 0.3 is 0 Å². The number of rotatable bonds is 13. The van der Waals surface area contributed by atoms with E-state index in [9.17, 15) is 22.4 Å². The van der Waals surface area contributed by atoms with Crippen molar-refractivity contribution in [2.24, 2.45) is 0 Å². The second-order valence-electron chi connectivity index (χ2n) is 11.9. The second-order valence-corrected chi connectivity index (χ2v) is 13.8. The van der Waals surface area contributed by atoms with Crippen LogP contribution in [-0.4, -0.2) is 50.0 Å². The zero-order valence-electron chi connectivity index (χ0n) is 26.0. The van der Waals surface area contributed by atoms with E-state index in [1.54, 1.807) is 17.0 Å². The van der Waals surface area contributed by atoms with E-state index in [4.69, 9.17) is 0 Å². The Morgan fingerprint density at radius 3 is 2.27 bits per heavy atom. The summed E-state index contributed by atoms with van der Waals surface area (Å²) < 4.78 is 40.7. The molecule has 0 spiro atoms. The fourth-order valence-corrected chi connectivity index (χ4v) is 6.87. The van der Waals surface area contributed by atoms with Gasteiger partial charge in [-0.25, -0.2) is 12.8 Å². The van der Waals surface area contributed by atoms with E-state index in [0.717, 1.165) is 48.8 Å². The van der Waals surface area contributed by atoms with E-state index in [2.05, 4.69) is 5.32 Å². The van der Waals surface area contributed by atoms with Crippen LogP contribution in [0, 0.1) is 19.7 Å². The van der Waals surface area contributed by atoms with E-state index in [0.29, 0.717) is 17.7 Å². The predicted molar refractivity (Wildman–Crippen MR) is 173 cm³/mol. The molecule has 1 saturated carbocycles. The van der Waals surface area contributed by atoms with Gasteiger partial charge in [0.1, 0.15) is 11.9 Å². The zero-order chi connectivity index (χ0) is 31.7. The third-order valence-corrected chi connectivity index (χ3v) is 9.45. The van der Waals surface area contributed by atoms with Crippen molar-refractivity contribution in [1.82, 2.24) is 10.2 Å². The first-order chi connectivity index (χ1) is 21.0. The summed E-state index contributed by atoms with van der Waals surface area (Å²) in [6.45, 7) is 4.02. The van der Waals surface area contributed by atoms with Gasteiger partial charge in [0, 0.05) is 32.0 Å². The van der Waals surface area contributed by atoms with Crippen LogP contribution in [0.2, 0.25) is 0 Å². The van der Waals surface area contributed by atoms with Gasteiger partial charge in [-0.05, 0) is 73.6 Å². The summed E-state index contributed by atoms with van der Waals surface area (Å²) in [4.78, 5) is 29.5. The predicted octanol–water partition coefficient (Wildman–Crippen LogP) is 6.08. The van der Waals surface area contributed by atoms with Gasteiger partial charge < -0.3 is 10.2 Å². The maximum absolute atomic E-state index is 14.0. The van der Waals surface area contributed by atoms with E-state index in [1.165, 1.54) is 22.7 Å². The first kappa shape index (κ1) is 33.2. The molecule has 3 aromatic rings. The Bertz CT molecular complexity index is 1510. The number of sulfonamides is 1. The highest BCUT2D eigenvalue weighted by atomic mass is 32.2. The Hall–Kier alpha value is -3.72. The van der Waals surface area contributed by atoms with E-state index in [1.807, 2.05) is 62.4 Å². The highest BCUT2D eigenvalue weighted by molar-refractivity contribution is 7.92. The molecule has 3 aromatic carbocycles. The van der Waals surface area contributed by atoms with Crippen molar-refractivity contribution >= 4 is 27.5 Å². The molecular formula is C35H44FN3O4S. The molecule has 0 bridgehead atoms. The number of halogens is 1. The van der Waals surface area contributed by atoms with Gasteiger partial charge in [-0.1, -0.05) is 73.9 Å². The highest BCUT2D eigenvalue weighted by Crippen LogP contribution is 2.25. The van der Waals surface area contributed by atoms with Crippen molar-refractivity contribution in [3.8, 4) is 0 Å². The molecule has 1 aliphatic rings. The number of anilines is 1. The van der Waals surface area contributed by atoms with Gasteiger partial charge in [0.05, 0.1) is 11.9 Å². The molecule has 0 saturated heterocycles. The van der Waals surface area contributed by atoms with E-state index < -0.39 is 16.1 Å².